The third kappa shape index (κ3) is 3.20. The molecule has 1 saturated heterocycles. The van der Waals surface area contributed by atoms with Gasteiger partial charge in [0.2, 0.25) is 5.95 Å². The lowest BCUT2D eigenvalue weighted by atomic mass is 10.1. The zero-order valence-corrected chi connectivity index (χ0v) is 11.8. The zero-order chi connectivity index (χ0) is 14.5. The number of aromatic nitrogens is 4. The maximum Gasteiger partial charge on any atom is 0.250 e. The Kier molecular flexibility index (Phi) is 4.42. The van der Waals surface area contributed by atoms with Crippen LogP contribution in [0.1, 0.15) is 12.8 Å². The fourth-order valence-electron chi connectivity index (χ4n) is 2.56. The van der Waals surface area contributed by atoms with Crippen LogP contribution in [0, 0.1) is 0 Å². The number of ether oxygens (including phenoxy) is 1. The van der Waals surface area contributed by atoms with Crippen LogP contribution in [0.4, 0.5) is 5.95 Å². The van der Waals surface area contributed by atoms with Crippen LogP contribution >= 0.6 is 0 Å². The molecule has 0 bridgehead atoms. The molecule has 2 heterocycles. The number of aliphatic hydroxyl groups excluding tert-OH is 1. The van der Waals surface area contributed by atoms with E-state index in [0.717, 1.165) is 37.6 Å². The molecule has 21 heavy (non-hydrogen) atoms. The van der Waals surface area contributed by atoms with Crippen LogP contribution in [0.15, 0.2) is 30.3 Å². The quantitative estimate of drug-likeness (QED) is 0.870. The van der Waals surface area contributed by atoms with Crippen LogP contribution in [0.3, 0.4) is 0 Å². The fraction of sp³-hybridized carbons (Fsp3) is 0.500. The van der Waals surface area contributed by atoms with E-state index in [2.05, 4.69) is 20.4 Å². The minimum absolute atomic E-state index is 0.0759. The molecular formula is C14H19N5O2. The number of hydrogen-bond donors (Lipinski definition) is 1. The Bertz CT molecular complexity index is 552. The van der Waals surface area contributed by atoms with Crippen molar-refractivity contribution in [2.75, 3.05) is 31.2 Å². The summed E-state index contributed by atoms with van der Waals surface area (Å²) >= 11 is 0. The van der Waals surface area contributed by atoms with E-state index in [1.54, 1.807) is 4.68 Å². The first kappa shape index (κ1) is 14.0. The normalized spacial score (nSPS) is 16.3. The van der Waals surface area contributed by atoms with Crippen molar-refractivity contribution in [1.82, 2.24) is 20.2 Å². The summed E-state index contributed by atoms with van der Waals surface area (Å²) in [4.78, 5) is 2.17. The lowest BCUT2D eigenvalue weighted by Gasteiger charge is -2.31. The van der Waals surface area contributed by atoms with Gasteiger partial charge in [-0.2, -0.15) is 4.68 Å². The van der Waals surface area contributed by atoms with Crippen LogP contribution < -0.4 is 4.90 Å². The zero-order valence-electron chi connectivity index (χ0n) is 11.8. The molecule has 1 aliphatic heterocycles. The molecule has 7 nitrogen and oxygen atoms in total. The van der Waals surface area contributed by atoms with Crippen LogP contribution in [-0.2, 0) is 4.74 Å². The smallest absolute Gasteiger partial charge is 0.250 e. The number of para-hydroxylation sites is 1. The summed E-state index contributed by atoms with van der Waals surface area (Å²) in [6.07, 6.45) is 2.05. The SMILES string of the molecule is OCCOC1CCN(c2nnnn2-c2ccccc2)CC1. The number of tetrazole rings is 1. The van der Waals surface area contributed by atoms with Crippen molar-refractivity contribution in [2.24, 2.45) is 0 Å². The summed E-state index contributed by atoms with van der Waals surface area (Å²) in [5.74, 6) is 0.766. The Balaban J connectivity index is 1.68. The maximum absolute atomic E-state index is 8.80. The molecular weight excluding hydrogens is 270 g/mol. The minimum Gasteiger partial charge on any atom is -0.394 e. The van der Waals surface area contributed by atoms with Gasteiger partial charge in [0, 0.05) is 13.1 Å². The van der Waals surface area contributed by atoms with Crippen molar-refractivity contribution in [3.63, 3.8) is 0 Å². The number of aliphatic hydroxyl groups is 1. The Labute approximate surface area is 123 Å². The van der Waals surface area contributed by atoms with Gasteiger partial charge in [-0.05, 0) is 35.4 Å². The molecule has 0 amide bonds. The van der Waals surface area contributed by atoms with Crippen molar-refractivity contribution in [2.45, 2.75) is 18.9 Å². The van der Waals surface area contributed by atoms with E-state index in [4.69, 9.17) is 9.84 Å². The minimum atomic E-state index is 0.0759. The van der Waals surface area contributed by atoms with Crippen molar-refractivity contribution in [3.05, 3.63) is 30.3 Å². The Morgan fingerprint density at radius 1 is 1.19 bits per heavy atom. The molecule has 1 fully saturated rings. The van der Waals surface area contributed by atoms with Crippen molar-refractivity contribution in [3.8, 4) is 5.69 Å². The molecule has 1 aromatic carbocycles. The number of hydrogen-bond acceptors (Lipinski definition) is 6. The van der Waals surface area contributed by atoms with Crippen LogP contribution in [0.5, 0.6) is 0 Å². The molecule has 0 spiro atoms. The third-order valence-corrected chi connectivity index (χ3v) is 3.62. The summed E-state index contributed by atoms with van der Waals surface area (Å²) in [6, 6.07) is 9.87. The first-order chi connectivity index (χ1) is 10.4. The van der Waals surface area contributed by atoms with E-state index in [1.165, 1.54) is 0 Å². The Morgan fingerprint density at radius 3 is 2.67 bits per heavy atom. The van der Waals surface area contributed by atoms with Gasteiger partial charge in [-0.25, -0.2) is 0 Å². The van der Waals surface area contributed by atoms with Crippen LogP contribution in [0.25, 0.3) is 5.69 Å². The molecule has 0 unspecified atom stereocenters. The second-order valence-electron chi connectivity index (χ2n) is 5.01. The first-order valence-electron chi connectivity index (χ1n) is 7.19. The summed E-state index contributed by atoms with van der Waals surface area (Å²) in [6.45, 7) is 2.19. The Morgan fingerprint density at radius 2 is 1.95 bits per heavy atom. The predicted molar refractivity (Wildman–Crippen MR) is 77.4 cm³/mol. The van der Waals surface area contributed by atoms with E-state index < -0.39 is 0 Å². The summed E-state index contributed by atoms with van der Waals surface area (Å²) < 4.78 is 7.34. The van der Waals surface area contributed by atoms with Gasteiger partial charge in [0.25, 0.3) is 0 Å². The molecule has 1 N–H and O–H groups in total. The van der Waals surface area contributed by atoms with Crippen LogP contribution in [0.2, 0.25) is 0 Å². The molecule has 7 heteroatoms. The van der Waals surface area contributed by atoms with Crippen molar-refractivity contribution in [1.29, 1.82) is 0 Å². The van der Waals surface area contributed by atoms with Gasteiger partial charge >= 0.3 is 0 Å². The number of rotatable bonds is 5. The number of piperidine rings is 1. The van der Waals surface area contributed by atoms with Gasteiger partial charge in [0.1, 0.15) is 0 Å². The highest BCUT2D eigenvalue weighted by Crippen LogP contribution is 2.21. The average Bonchev–Trinajstić information content (AvgIpc) is 3.04. The number of anilines is 1. The van der Waals surface area contributed by atoms with E-state index in [0.29, 0.717) is 6.61 Å². The predicted octanol–water partition coefficient (Wildman–Crippen LogP) is 0.640. The van der Waals surface area contributed by atoms with Gasteiger partial charge in [-0.1, -0.05) is 23.3 Å². The van der Waals surface area contributed by atoms with Crippen molar-refractivity contribution >= 4 is 5.95 Å². The van der Waals surface area contributed by atoms with Gasteiger partial charge in [0.15, 0.2) is 0 Å². The summed E-state index contributed by atoms with van der Waals surface area (Å²) in [7, 11) is 0. The van der Waals surface area contributed by atoms with Crippen LogP contribution in [-0.4, -0.2) is 57.7 Å². The topological polar surface area (TPSA) is 76.3 Å². The fourth-order valence-corrected chi connectivity index (χ4v) is 2.56. The van der Waals surface area contributed by atoms with E-state index in [1.807, 2.05) is 30.3 Å². The monoisotopic (exact) mass is 289 g/mol. The molecule has 1 aromatic heterocycles. The Hall–Kier alpha value is -1.99. The summed E-state index contributed by atoms with van der Waals surface area (Å²) in [5, 5.41) is 20.8. The van der Waals surface area contributed by atoms with Gasteiger partial charge < -0.3 is 14.7 Å². The number of benzene rings is 1. The first-order valence-corrected chi connectivity index (χ1v) is 7.19. The highest BCUT2D eigenvalue weighted by molar-refractivity contribution is 5.40. The van der Waals surface area contributed by atoms with Crippen molar-refractivity contribution < 1.29 is 9.84 Å². The summed E-state index contributed by atoms with van der Waals surface area (Å²) in [5.41, 5.74) is 0.955. The highest BCUT2D eigenvalue weighted by atomic mass is 16.5. The largest absolute Gasteiger partial charge is 0.394 e. The lowest BCUT2D eigenvalue weighted by Crippen LogP contribution is -2.38. The highest BCUT2D eigenvalue weighted by Gasteiger charge is 2.23. The molecule has 0 aliphatic carbocycles. The number of nitrogens with zero attached hydrogens (tertiary/aromatic N) is 5. The molecule has 0 radical (unpaired) electrons. The van der Waals surface area contributed by atoms with Gasteiger partial charge in [-0.15, -0.1) is 0 Å². The molecule has 0 saturated carbocycles. The van der Waals surface area contributed by atoms with E-state index >= 15 is 0 Å². The molecule has 1 aliphatic rings. The average molecular weight is 289 g/mol. The van der Waals surface area contributed by atoms with Gasteiger partial charge in [-0.3, -0.25) is 0 Å². The molecule has 3 rings (SSSR count). The molecule has 2 aromatic rings. The molecule has 112 valence electrons. The maximum atomic E-state index is 8.80. The molecule has 0 atom stereocenters. The lowest BCUT2D eigenvalue weighted by molar-refractivity contribution is 0.0157. The van der Waals surface area contributed by atoms with Gasteiger partial charge in [0.05, 0.1) is 25.0 Å². The second-order valence-corrected chi connectivity index (χ2v) is 5.01. The third-order valence-electron chi connectivity index (χ3n) is 3.62. The van der Waals surface area contributed by atoms with E-state index in [9.17, 15) is 0 Å². The van der Waals surface area contributed by atoms with E-state index in [-0.39, 0.29) is 12.7 Å². The standard InChI is InChI=1S/C14H19N5O2/c20-10-11-21-13-6-8-18(9-7-13)14-15-16-17-19(14)12-4-2-1-3-5-12/h1-5,13,20H,6-11H2. The second kappa shape index (κ2) is 6.64.